The van der Waals surface area contributed by atoms with Crippen molar-refractivity contribution in [2.24, 2.45) is 0 Å². The average Bonchev–Trinajstić information content (AvgIpc) is 3.18. The van der Waals surface area contributed by atoms with E-state index in [1.54, 1.807) is 30.3 Å². The summed E-state index contributed by atoms with van der Waals surface area (Å²) in [6, 6.07) is 11.4. The highest BCUT2D eigenvalue weighted by molar-refractivity contribution is 5.96. The Labute approximate surface area is 135 Å². The van der Waals surface area contributed by atoms with Crippen molar-refractivity contribution in [1.82, 2.24) is 4.98 Å². The van der Waals surface area contributed by atoms with E-state index in [0.29, 0.717) is 33.2 Å². The number of rotatable bonds is 4. The van der Waals surface area contributed by atoms with E-state index < -0.39 is 5.97 Å². The molecule has 0 atom stereocenters. The second-order valence-corrected chi connectivity index (χ2v) is 5.37. The zero-order valence-electron chi connectivity index (χ0n) is 12.4. The third-order valence-corrected chi connectivity index (χ3v) is 3.86. The van der Waals surface area contributed by atoms with Crippen molar-refractivity contribution < 1.29 is 23.4 Å². The molecular weight excluding hydrogens is 313 g/mol. The van der Waals surface area contributed by atoms with E-state index in [-0.39, 0.29) is 18.1 Å². The first kappa shape index (κ1) is 14.3. The van der Waals surface area contributed by atoms with Crippen molar-refractivity contribution in [2.75, 3.05) is 0 Å². The zero-order valence-corrected chi connectivity index (χ0v) is 12.4. The smallest absolute Gasteiger partial charge is 0.352 e. The topological polar surface area (TPSA) is 75.5 Å². The number of hydrogen-bond donors (Lipinski definition) is 2. The molecule has 0 radical (unpaired) electrons. The minimum Gasteiger partial charge on any atom is -0.488 e. The van der Waals surface area contributed by atoms with Crippen LogP contribution in [0.1, 0.15) is 16.1 Å². The lowest BCUT2D eigenvalue weighted by Crippen LogP contribution is -1.95. The monoisotopic (exact) mass is 325 g/mol. The average molecular weight is 325 g/mol. The van der Waals surface area contributed by atoms with Crippen molar-refractivity contribution >= 4 is 27.8 Å². The van der Waals surface area contributed by atoms with Gasteiger partial charge in [0.1, 0.15) is 29.5 Å². The summed E-state index contributed by atoms with van der Waals surface area (Å²) in [7, 11) is 0. The van der Waals surface area contributed by atoms with Gasteiger partial charge in [-0.1, -0.05) is 12.1 Å². The fourth-order valence-electron chi connectivity index (χ4n) is 2.74. The highest BCUT2D eigenvalue weighted by Crippen LogP contribution is 2.29. The highest BCUT2D eigenvalue weighted by Gasteiger charge is 2.14. The standard InChI is InChI=1S/C18H12FNO4/c19-12-3-1-6-16-17(12)10(9-24-16)8-23-15-5-2-4-13-11(15)7-14(20-13)18(21)22/h1-7,9,20H,8H2,(H,21,22). The van der Waals surface area contributed by atoms with Gasteiger partial charge in [0.25, 0.3) is 0 Å². The number of carboxylic acids is 1. The maximum atomic E-state index is 14.0. The number of aromatic nitrogens is 1. The Kier molecular flexibility index (Phi) is 3.23. The number of furan rings is 1. The number of halogens is 1. The predicted octanol–water partition coefficient (Wildman–Crippen LogP) is 4.33. The SMILES string of the molecule is O=C(O)c1cc2c(OCc3coc4cccc(F)c34)cccc2[nH]1. The normalized spacial score (nSPS) is 11.2. The molecule has 6 heteroatoms. The van der Waals surface area contributed by atoms with Gasteiger partial charge in [-0.3, -0.25) is 0 Å². The molecule has 0 aliphatic heterocycles. The summed E-state index contributed by atoms with van der Waals surface area (Å²) < 4.78 is 25.1. The minimum absolute atomic E-state index is 0.0841. The Morgan fingerprint density at radius 2 is 2.08 bits per heavy atom. The lowest BCUT2D eigenvalue weighted by Gasteiger charge is -2.06. The molecule has 0 saturated heterocycles. The Hall–Kier alpha value is -3.28. The number of nitrogens with one attached hydrogen (secondary N) is 1. The summed E-state index contributed by atoms with van der Waals surface area (Å²) in [5, 5.41) is 10.1. The Morgan fingerprint density at radius 1 is 1.25 bits per heavy atom. The van der Waals surface area contributed by atoms with Crippen LogP contribution in [0.2, 0.25) is 0 Å². The van der Waals surface area contributed by atoms with Gasteiger partial charge in [-0.25, -0.2) is 9.18 Å². The first-order chi connectivity index (χ1) is 11.6. The van der Waals surface area contributed by atoms with E-state index in [4.69, 9.17) is 14.3 Å². The highest BCUT2D eigenvalue weighted by atomic mass is 19.1. The number of aromatic carboxylic acids is 1. The summed E-state index contributed by atoms with van der Waals surface area (Å²) in [5.41, 5.74) is 1.80. The van der Waals surface area contributed by atoms with E-state index in [9.17, 15) is 9.18 Å². The van der Waals surface area contributed by atoms with E-state index in [2.05, 4.69) is 4.98 Å². The summed E-state index contributed by atoms with van der Waals surface area (Å²) >= 11 is 0. The van der Waals surface area contributed by atoms with E-state index in [0.717, 1.165) is 0 Å². The summed E-state index contributed by atoms with van der Waals surface area (Å²) in [6.07, 6.45) is 1.47. The van der Waals surface area contributed by atoms with Crippen LogP contribution in [0.5, 0.6) is 5.75 Å². The lowest BCUT2D eigenvalue weighted by atomic mass is 10.2. The minimum atomic E-state index is -1.04. The largest absolute Gasteiger partial charge is 0.488 e. The van der Waals surface area contributed by atoms with Gasteiger partial charge in [0.15, 0.2) is 0 Å². The van der Waals surface area contributed by atoms with E-state index >= 15 is 0 Å². The lowest BCUT2D eigenvalue weighted by molar-refractivity contribution is 0.0691. The maximum absolute atomic E-state index is 14.0. The van der Waals surface area contributed by atoms with Gasteiger partial charge in [0.05, 0.1) is 11.6 Å². The summed E-state index contributed by atoms with van der Waals surface area (Å²) in [4.78, 5) is 13.9. The number of H-pyrrole nitrogens is 1. The van der Waals surface area contributed by atoms with Crippen molar-refractivity contribution in [2.45, 2.75) is 6.61 Å². The predicted molar refractivity (Wildman–Crippen MR) is 85.8 cm³/mol. The molecule has 2 aromatic carbocycles. The second-order valence-electron chi connectivity index (χ2n) is 5.37. The fraction of sp³-hybridized carbons (Fsp3) is 0.0556. The molecule has 0 spiro atoms. The van der Waals surface area contributed by atoms with Crippen LogP contribution in [0.15, 0.2) is 53.1 Å². The van der Waals surface area contributed by atoms with Crippen LogP contribution in [-0.4, -0.2) is 16.1 Å². The van der Waals surface area contributed by atoms with Gasteiger partial charge in [-0.2, -0.15) is 0 Å². The molecule has 24 heavy (non-hydrogen) atoms. The van der Waals surface area contributed by atoms with E-state index in [1.165, 1.54) is 18.4 Å². The molecule has 4 rings (SSSR count). The number of benzene rings is 2. The molecule has 120 valence electrons. The molecule has 0 fully saturated rings. The molecule has 5 nitrogen and oxygen atoms in total. The molecule has 2 aromatic heterocycles. The van der Waals surface area contributed by atoms with Gasteiger partial charge in [-0.05, 0) is 30.3 Å². The summed E-state index contributed by atoms with van der Waals surface area (Å²) in [6.45, 7) is 0.112. The molecule has 4 aromatic rings. The van der Waals surface area contributed by atoms with Crippen LogP contribution >= 0.6 is 0 Å². The number of aromatic amines is 1. The molecule has 0 amide bonds. The number of carbonyl (C=O) groups is 1. The molecule has 0 aliphatic carbocycles. The molecule has 0 bridgehead atoms. The number of fused-ring (bicyclic) bond motifs is 2. The maximum Gasteiger partial charge on any atom is 0.352 e. The Balaban J connectivity index is 1.68. The fourth-order valence-corrected chi connectivity index (χ4v) is 2.74. The van der Waals surface area contributed by atoms with Crippen molar-refractivity contribution in [3.63, 3.8) is 0 Å². The van der Waals surface area contributed by atoms with Crippen LogP contribution in [0.25, 0.3) is 21.9 Å². The first-order valence-corrected chi connectivity index (χ1v) is 7.26. The van der Waals surface area contributed by atoms with Crippen LogP contribution in [-0.2, 0) is 6.61 Å². The molecular formula is C18H12FNO4. The number of hydrogen-bond acceptors (Lipinski definition) is 3. The van der Waals surface area contributed by atoms with Gasteiger partial charge in [0, 0.05) is 16.5 Å². The van der Waals surface area contributed by atoms with Crippen molar-refractivity contribution in [3.05, 3.63) is 65.8 Å². The van der Waals surface area contributed by atoms with Crippen LogP contribution < -0.4 is 4.74 Å². The molecule has 0 saturated carbocycles. The number of carboxylic acid groups (broad SMARTS) is 1. The van der Waals surface area contributed by atoms with Crippen LogP contribution in [0, 0.1) is 5.82 Å². The third kappa shape index (κ3) is 2.28. The quantitative estimate of drug-likeness (QED) is 0.585. The number of ether oxygens (including phenoxy) is 1. The molecule has 2 heterocycles. The van der Waals surface area contributed by atoms with Gasteiger partial charge >= 0.3 is 5.97 Å². The van der Waals surface area contributed by atoms with E-state index in [1.807, 2.05) is 0 Å². The van der Waals surface area contributed by atoms with Gasteiger partial charge in [0.2, 0.25) is 0 Å². The first-order valence-electron chi connectivity index (χ1n) is 7.26. The molecule has 0 unspecified atom stereocenters. The molecule has 0 aliphatic rings. The second kappa shape index (κ2) is 5.42. The van der Waals surface area contributed by atoms with Crippen molar-refractivity contribution in [1.29, 1.82) is 0 Å². The van der Waals surface area contributed by atoms with Gasteiger partial charge in [-0.15, -0.1) is 0 Å². The van der Waals surface area contributed by atoms with Crippen LogP contribution in [0.4, 0.5) is 4.39 Å². The Bertz CT molecular complexity index is 1060. The van der Waals surface area contributed by atoms with Crippen LogP contribution in [0.3, 0.4) is 0 Å². The van der Waals surface area contributed by atoms with Crippen molar-refractivity contribution in [3.8, 4) is 5.75 Å². The van der Waals surface area contributed by atoms with Gasteiger partial charge < -0.3 is 19.2 Å². The third-order valence-electron chi connectivity index (χ3n) is 3.86. The Morgan fingerprint density at radius 3 is 2.92 bits per heavy atom. The summed E-state index contributed by atoms with van der Waals surface area (Å²) in [5.74, 6) is -0.894. The zero-order chi connectivity index (χ0) is 16.7. The molecule has 2 N–H and O–H groups in total.